The van der Waals surface area contributed by atoms with Crippen LogP contribution in [0.25, 0.3) is 0 Å². The molecule has 10 nitrogen and oxygen atoms in total. The Morgan fingerprint density at radius 1 is 0.355 bits per heavy atom. The Hall–Kier alpha value is -0.321. The van der Waals surface area contributed by atoms with Gasteiger partial charge in [-0.3, -0.25) is 0 Å². The van der Waals surface area contributed by atoms with Crippen LogP contribution in [-0.4, -0.2) is 79.6 Å². The summed E-state index contributed by atoms with van der Waals surface area (Å²) >= 11 is 0. The van der Waals surface area contributed by atoms with Crippen LogP contribution in [0.2, 0.25) is 0 Å². The predicted molar refractivity (Wildman–Crippen MR) is 71.9 cm³/mol. The molecule has 0 aromatic carbocycles. The number of sulfonamides is 4. The van der Waals surface area contributed by atoms with Crippen molar-refractivity contribution in [1.29, 1.82) is 0 Å². The molecule has 27 heteroatoms. The van der Waals surface area contributed by atoms with E-state index in [1.165, 1.54) is 0 Å². The van der Waals surface area contributed by atoms with Crippen LogP contribution in [0.4, 0.5) is 52.7 Å². The van der Waals surface area contributed by atoms with E-state index in [2.05, 4.69) is 0 Å². The molecule has 0 saturated heterocycles. The molecule has 0 amide bonds. The minimum Gasteiger partial charge on any atom is -0.202 e. The Bertz CT molecular complexity index is 862. The summed E-state index contributed by atoms with van der Waals surface area (Å²) in [7, 11) is -26.4. The van der Waals surface area contributed by atoms with Gasteiger partial charge in [-0.15, -0.1) is 0 Å². The number of hydrogen-bond donors (Lipinski definition) is 2. The summed E-state index contributed by atoms with van der Waals surface area (Å²) in [5.74, 6) is 0. The van der Waals surface area contributed by atoms with E-state index in [-0.39, 0.29) is 23.9 Å². The van der Waals surface area contributed by atoms with Crippen LogP contribution in [0.1, 0.15) is 0 Å². The maximum atomic E-state index is 11.5. The maximum absolute atomic E-state index is 11.5. The van der Waals surface area contributed by atoms with Gasteiger partial charge in [0.15, 0.2) is 0 Å². The van der Waals surface area contributed by atoms with Crippen molar-refractivity contribution < 1.29 is 86.4 Å². The molecular formula is C4H2F12N2O8S4Sn. The van der Waals surface area contributed by atoms with Crippen molar-refractivity contribution >= 4 is 64.0 Å². The zero-order valence-corrected chi connectivity index (χ0v) is 19.1. The van der Waals surface area contributed by atoms with Crippen molar-refractivity contribution in [1.82, 2.24) is 8.25 Å². The third-order valence-corrected chi connectivity index (χ3v) is 7.61. The second kappa shape index (κ2) is 9.89. The van der Waals surface area contributed by atoms with Gasteiger partial charge in [-0.05, 0) is 0 Å². The molecule has 0 aromatic rings. The summed E-state index contributed by atoms with van der Waals surface area (Å²) in [6.45, 7) is 0. The van der Waals surface area contributed by atoms with E-state index in [4.69, 9.17) is 0 Å². The van der Waals surface area contributed by atoms with E-state index in [9.17, 15) is 86.4 Å². The van der Waals surface area contributed by atoms with Crippen molar-refractivity contribution in [2.45, 2.75) is 22.0 Å². The molecule has 0 rings (SSSR count). The van der Waals surface area contributed by atoms with E-state index >= 15 is 0 Å². The number of nitrogens with one attached hydrogen (secondary N) is 2. The number of rotatable bonds is 4. The summed E-state index contributed by atoms with van der Waals surface area (Å²) in [4.78, 5) is 0. The second-order valence-electron chi connectivity index (χ2n) is 3.96. The Kier molecular flexibility index (Phi) is 11.3. The first-order valence-electron chi connectivity index (χ1n) is 5.23. The summed E-state index contributed by atoms with van der Waals surface area (Å²) in [5, 5.41) is 0. The zero-order chi connectivity index (χ0) is 25.4. The third-order valence-electron chi connectivity index (χ3n) is 1.66. The van der Waals surface area contributed by atoms with Gasteiger partial charge in [0.1, 0.15) is 0 Å². The number of halogens is 12. The fourth-order valence-electron chi connectivity index (χ4n) is 0.478. The average molecular weight is 681 g/mol. The van der Waals surface area contributed by atoms with E-state index in [0.29, 0.717) is 0 Å². The molecule has 0 bridgehead atoms. The van der Waals surface area contributed by atoms with Gasteiger partial charge in [-0.25, -0.2) is 33.7 Å². The van der Waals surface area contributed by atoms with Crippen LogP contribution in [0.15, 0.2) is 0 Å². The summed E-state index contributed by atoms with van der Waals surface area (Å²) < 4.78 is 217. The molecule has 4 radical (unpaired) electrons. The van der Waals surface area contributed by atoms with Crippen LogP contribution in [0, 0.1) is 0 Å². The molecule has 0 aliphatic rings. The third kappa shape index (κ3) is 10.0. The molecule has 0 aliphatic heterocycles. The van der Waals surface area contributed by atoms with E-state index in [1.807, 2.05) is 0 Å². The Morgan fingerprint density at radius 2 is 0.452 bits per heavy atom. The van der Waals surface area contributed by atoms with Crippen LogP contribution in [0.5, 0.6) is 0 Å². The fraction of sp³-hybridized carbons (Fsp3) is 1.00. The van der Waals surface area contributed by atoms with Crippen molar-refractivity contribution in [2.24, 2.45) is 0 Å². The molecule has 0 saturated carbocycles. The number of alkyl halides is 12. The molecule has 0 fully saturated rings. The van der Waals surface area contributed by atoms with Crippen molar-refractivity contribution in [3.05, 3.63) is 0 Å². The van der Waals surface area contributed by atoms with Crippen molar-refractivity contribution in [2.75, 3.05) is 0 Å². The molecule has 0 atom stereocenters. The van der Waals surface area contributed by atoms with E-state index in [1.54, 1.807) is 0 Å². The summed E-state index contributed by atoms with van der Waals surface area (Å²) in [6, 6.07) is 0. The smallest absolute Gasteiger partial charge is 0.202 e. The van der Waals surface area contributed by atoms with Gasteiger partial charge in [0.2, 0.25) is 0 Å². The average Bonchev–Trinajstić information content (AvgIpc) is 2.30. The van der Waals surface area contributed by atoms with Crippen LogP contribution in [-0.2, 0) is 40.1 Å². The fourth-order valence-corrected chi connectivity index (χ4v) is 4.30. The molecule has 0 aliphatic carbocycles. The van der Waals surface area contributed by atoms with Gasteiger partial charge in [0, 0.05) is 23.9 Å². The monoisotopic (exact) mass is 682 g/mol. The minimum atomic E-state index is -6.60. The summed E-state index contributed by atoms with van der Waals surface area (Å²) in [6.07, 6.45) is 0. The molecule has 2 N–H and O–H groups in total. The SMILES string of the molecule is O=S(=O)(NS(=O)(=O)C(F)(F)F)C(F)(F)F.O=S(=O)(NS(=O)(=O)C(F)(F)F)C(F)(F)F.[Sn]. The first-order valence-corrected chi connectivity index (χ1v) is 11.2. The molecule has 0 unspecified atom stereocenters. The minimum absolute atomic E-state index is 0. The molecule has 0 heterocycles. The van der Waals surface area contributed by atoms with Gasteiger partial charge >= 0.3 is 62.1 Å². The van der Waals surface area contributed by atoms with Gasteiger partial charge in [-0.1, -0.05) is 8.25 Å². The number of hydrogen-bond acceptors (Lipinski definition) is 8. The van der Waals surface area contributed by atoms with Gasteiger partial charge in [-0.2, -0.15) is 52.7 Å². The predicted octanol–water partition coefficient (Wildman–Crippen LogP) is 0.170. The first-order chi connectivity index (χ1) is 12.4. The Balaban J connectivity index is -0.000000490. The topological polar surface area (TPSA) is 161 Å². The van der Waals surface area contributed by atoms with Crippen LogP contribution < -0.4 is 8.25 Å². The quantitative estimate of drug-likeness (QED) is 0.314. The van der Waals surface area contributed by atoms with E-state index in [0.717, 1.165) is 0 Å². The van der Waals surface area contributed by atoms with Crippen molar-refractivity contribution in [3.8, 4) is 0 Å². The molecule has 0 spiro atoms. The Morgan fingerprint density at radius 3 is 0.516 bits per heavy atom. The molecule has 31 heavy (non-hydrogen) atoms. The largest absolute Gasteiger partial charge is 0.512 e. The van der Waals surface area contributed by atoms with Gasteiger partial charge in [0.05, 0.1) is 0 Å². The molecular weight excluding hydrogens is 679 g/mol. The normalized spacial score (nSPS) is 14.8. The van der Waals surface area contributed by atoms with Gasteiger partial charge in [0.25, 0.3) is 0 Å². The first kappa shape index (κ1) is 35.3. The molecule has 188 valence electrons. The Labute approximate surface area is 180 Å². The summed E-state index contributed by atoms with van der Waals surface area (Å²) in [5.41, 5.74) is -24.6. The second-order valence-corrected chi connectivity index (χ2v) is 11.2. The van der Waals surface area contributed by atoms with Gasteiger partial charge < -0.3 is 0 Å². The standard InChI is InChI=1S/2C2HF6NO4S2.Sn/c2*3-1(4,5)14(10,11)9-15(12,13)2(6,7)8;/h2*9H;. The van der Waals surface area contributed by atoms with Crippen molar-refractivity contribution in [3.63, 3.8) is 0 Å². The van der Waals surface area contributed by atoms with Crippen LogP contribution >= 0.6 is 0 Å². The zero-order valence-electron chi connectivity index (χ0n) is 12.9. The van der Waals surface area contributed by atoms with Crippen LogP contribution in [0.3, 0.4) is 0 Å². The maximum Gasteiger partial charge on any atom is 0.512 e. The molecule has 0 aromatic heterocycles. The van der Waals surface area contributed by atoms with E-state index < -0.39 is 70.4 Å².